The van der Waals surface area contributed by atoms with Gasteiger partial charge in [0.15, 0.2) is 12.0 Å². The lowest BCUT2D eigenvalue weighted by Gasteiger charge is -2.29. The number of hydrogen-bond acceptors (Lipinski definition) is 3. The number of hydrogen-bond donors (Lipinski definition) is 0. The molecule has 1 rings (SSSR count). The number of carbonyl (C=O) groups is 2. The Kier molecular flexibility index (Phi) is 4.71. The number of nitrogens with zero attached hydrogens (tertiary/aromatic N) is 1. The molecule has 2 atom stereocenters. The summed E-state index contributed by atoms with van der Waals surface area (Å²) in [5.41, 5.74) is -0.556. The zero-order valence-corrected chi connectivity index (χ0v) is 11.5. The number of carbonyl (C=O) groups excluding carboxylic acids is 2. The predicted molar refractivity (Wildman–Crippen MR) is 66.2 cm³/mol. The zero-order valence-electron chi connectivity index (χ0n) is 11.5. The number of ketones is 1. The lowest BCUT2D eigenvalue weighted by atomic mass is 10.1. The molecule has 1 aliphatic heterocycles. The van der Waals surface area contributed by atoms with Gasteiger partial charge in [-0.1, -0.05) is 0 Å². The fraction of sp³-hybridized carbons (Fsp3) is 0.846. The van der Waals surface area contributed by atoms with Gasteiger partial charge in [0.1, 0.15) is 5.60 Å². The molecule has 0 aromatic heterocycles. The maximum atomic E-state index is 13.4. The van der Waals surface area contributed by atoms with E-state index in [1.807, 2.05) is 0 Å². The van der Waals surface area contributed by atoms with Gasteiger partial charge in [-0.25, -0.2) is 9.18 Å². The molecule has 1 fully saturated rings. The second kappa shape index (κ2) is 5.67. The van der Waals surface area contributed by atoms with Gasteiger partial charge in [0.05, 0.1) is 0 Å². The fourth-order valence-electron chi connectivity index (χ4n) is 2.05. The average molecular weight is 259 g/mol. The Morgan fingerprint density at radius 2 is 2.06 bits per heavy atom. The number of rotatable bonds is 3. The average Bonchev–Trinajstić information content (AvgIpc) is 2.62. The summed E-state index contributed by atoms with van der Waals surface area (Å²) in [4.78, 5) is 24.4. The van der Waals surface area contributed by atoms with Crippen LogP contribution in [0.5, 0.6) is 0 Å². The second-order valence-corrected chi connectivity index (χ2v) is 5.78. The van der Waals surface area contributed by atoms with Gasteiger partial charge in [0, 0.05) is 19.0 Å². The molecule has 0 N–H and O–H groups in total. The van der Waals surface area contributed by atoms with E-state index >= 15 is 0 Å². The molecule has 2 unspecified atom stereocenters. The largest absolute Gasteiger partial charge is 0.444 e. The summed E-state index contributed by atoms with van der Waals surface area (Å²) in [6, 6.07) is -0.223. The number of Topliss-reactive ketones (excluding diaryl/α,β-unsaturated/α-hetero) is 1. The summed E-state index contributed by atoms with van der Waals surface area (Å²) in [6.07, 6.45) is -0.269. The summed E-state index contributed by atoms with van der Waals surface area (Å²) in [7, 11) is 0. The quantitative estimate of drug-likeness (QED) is 0.783. The highest BCUT2D eigenvalue weighted by molar-refractivity contribution is 5.80. The van der Waals surface area contributed by atoms with Gasteiger partial charge in [-0.2, -0.15) is 0 Å². The first-order valence-electron chi connectivity index (χ1n) is 6.35. The minimum absolute atomic E-state index is 0.0780. The highest BCUT2D eigenvalue weighted by Gasteiger charge is 2.34. The van der Waals surface area contributed by atoms with E-state index in [9.17, 15) is 14.0 Å². The van der Waals surface area contributed by atoms with E-state index in [0.717, 1.165) is 12.8 Å². The van der Waals surface area contributed by atoms with Crippen LogP contribution < -0.4 is 0 Å². The molecular formula is C13H22FNO3. The van der Waals surface area contributed by atoms with Crippen LogP contribution in [0.1, 0.15) is 47.0 Å². The third kappa shape index (κ3) is 4.27. The zero-order chi connectivity index (χ0) is 13.9. The van der Waals surface area contributed by atoms with Crippen LogP contribution in [-0.2, 0) is 9.53 Å². The summed E-state index contributed by atoms with van der Waals surface area (Å²) in [5, 5.41) is 0. The van der Waals surface area contributed by atoms with Crippen molar-refractivity contribution in [1.82, 2.24) is 4.90 Å². The first-order valence-corrected chi connectivity index (χ1v) is 6.35. The molecule has 1 amide bonds. The Bertz CT molecular complexity index is 325. The van der Waals surface area contributed by atoms with Crippen molar-refractivity contribution < 1.29 is 18.7 Å². The SMILES string of the molecule is CC(=O)C(F)CC1CCCN1C(=O)OC(C)(C)C. The van der Waals surface area contributed by atoms with Crippen LogP contribution in [0.2, 0.25) is 0 Å². The molecule has 0 bridgehead atoms. The molecule has 1 saturated heterocycles. The van der Waals surface area contributed by atoms with Gasteiger partial charge in [0.2, 0.25) is 0 Å². The summed E-state index contributed by atoms with van der Waals surface area (Å²) < 4.78 is 18.7. The predicted octanol–water partition coefficient (Wildman–Crippen LogP) is 2.70. The Hall–Kier alpha value is -1.13. The molecule has 4 nitrogen and oxygen atoms in total. The highest BCUT2D eigenvalue weighted by atomic mass is 19.1. The Labute approximate surface area is 107 Å². The number of alkyl halides is 1. The smallest absolute Gasteiger partial charge is 0.410 e. The van der Waals surface area contributed by atoms with Gasteiger partial charge in [0.25, 0.3) is 0 Å². The molecule has 5 heteroatoms. The van der Waals surface area contributed by atoms with Crippen LogP contribution in [0.4, 0.5) is 9.18 Å². The van der Waals surface area contributed by atoms with Crippen molar-refractivity contribution in [3.05, 3.63) is 0 Å². The van der Waals surface area contributed by atoms with Crippen molar-refractivity contribution in [3.63, 3.8) is 0 Å². The Morgan fingerprint density at radius 1 is 1.44 bits per heavy atom. The molecular weight excluding hydrogens is 237 g/mol. The molecule has 0 radical (unpaired) electrons. The lowest BCUT2D eigenvalue weighted by Crippen LogP contribution is -2.41. The van der Waals surface area contributed by atoms with Gasteiger partial charge >= 0.3 is 6.09 Å². The number of likely N-dealkylation sites (tertiary alicyclic amines) is 1. The molecule has 18 heavy (non-hydrogen) atoms. The Balaban J connectivity index is 2.59. The van der Waals surface area contributed by atoms with Crippen LogP contribution in [0.25, 0.3) is 0 Å². The van der Waals surface area contributed by atoms with Crippen LogP contribution in [-0.4, -0.2) is 41.1 Å². The summed E-state index contributed by atoms with van der Waals surface area (Å²) in [6.45, 7) is 7.19. The first-order chi connectivity index (χ1) is 8.20. The highest BCUT2D eigenvalue weighted by Crippen LogP contribution is 2.24. The van der Waals surface area contributed by atoms with Gasteiger partial charge in [-0.3, -0.25) is 4.79 Å². The fourth-order valence-corrected chi connectivity index (χ4v) is 2.05. The normalized spacial score (nSPS) is 21.8. The third-order valence-corrected chi connectivity index (χ3v) is 2.93. The van der Waals surface area contributed by atoms with Crippen molar-refractivity contribution in [3.8, 4) is 0 Å². The van der Waals surface area contributed by atoms with E-state index in [2.05, 4.69) is 0 Å². The second-order valence-electron chi connectivity index (χ2n) is 5.78. The molecule has 0 aromatic carbocycles. The van der Waals surface area contributed by atoms with Crippen molar-refractivity contribution in [2.24, 2.45) is 0 Å². The third-order valence-electron chi connectivity index (χ3n) is 2.93. The maximum absolute atomic E-state index is 13.4. The lowest BCUT2D eigenvalue weighted by molar-refractivity contribution is -0.122. The molecule has 1 heterocycles. The first kappa shape index (κ1) is 14.9. The minimum Gasteiger partial charge on any atom is -0.444 e. The van der Waals surface area contributed by atoms with E-state index in [1.54, 1.807) is 25.7 Å². The van der Waals surface area contributed by atoms with E-state index in [4.69, 9.17) is 4.74 Å². The monoisotopic (exact) mass is 259 g/mol. The van der Waals surface area contributed by atoms with Crippen molar-refractivity contribution >= 4 is 11.9 Å². The van der Waals surface area contributed by atoms with E-state index in [1.165, 1.54) is 6.92 Å². The van der Waals surface area contributed by atoms with Gasteiger partial charge in [-0.15, -0.1) is 0 Å². The summed E-state index contributed by atoms with van der Waals surface area (Å²) >= 11 is 0. The number of ether oxygens (including phenoxy) is 1. The molecule has 1 aliphatic rings. The van der Waals surface area contributed by atoms with Crippen LogP contribution in [0, 0.1) is 0 Å². The minimum atomic E-state index is -1.49. The van der Waals surface area contributed by atoms with Gasteiger partial charge in [-0.05, 0) is 40.5 Å². The Morgan fingerprint density at radius 3 is 2.56 bits per heavy atom. The van der Waals surface area contributed by atoms with Crippen LogP contribution >= 0.6 is 0 Å². The van der Waals surface area contributed by atoms with Crippen molar-refractivity contribution in [2.75, 3.05) is 6.54 Å². The summed E-state index contributed by atoms with van der Waals surface area (Å²) in [5.74, 6) is -0.481. The van der Waals surface area contributed by atoms with Crippen molar-refractivity contribution in [1.29, 1.82) is 0 Å². The maximum Gasteiger partial charge on any atom is 0.410 e. The molecule has 0 aromatic rings. The van der Waals surface area contributed by atoms with Gasteiger partial charge < -0.3 is 9.64 Å². The number of halogens is 1. The molecule has 104 valence electrons. The molecule has 0 aliphatic carbocycles. The topological polar surface area (TPSA) is 46.6 Å². The van der Waals surface area contributed by atoms with Crippen LogP contribution in [0.3, 0.4) is 0 Å². The van der Waals surface area contributed by atoms with E-state index in [0.29, 0.717) is 6.54 Å². The van der Waals surface area contributed by atoms with E-state index < -0.39 is 23.6 Å². The van der Waals surface area contributed by atoms with Crippen LogP contribution in [0.15, 0.2) is 0 Å². The van der Waals surface area contributed by atoms with E-state index in [-0.39, 0.29) is 12.5 Å². The molecule has 0 spiro atoms. The number of amides is 1. The standard InChI is InChI=1S/C13H22FNO3/c1-9(16)11(14)8-10-6-5-7-15(10)12(17)18-13(2,3)4/h10-11H,5-8H2,1-4H3. The van der Waals surface area contributed by atoms with Crippen molar-refractivity contribution in [2.45, 2.75) is 64.8 Å². The molecule has 0 saturated carbocycles.